The van der Waals surface area contributed by atoms with Gasteiger partial charge in [-0.05, 0) is 61.7 Å². The van der Waals surface area contributed by atoms with Crippen LogP contribution < -0.4 is 8.92 Å². The lowest BCUT2D eigenvalue weighted by Gasteiger charge is -2.14. The van der Waals surface area contributed by atoms with Crippen molar-refractivity contribution in [3.05, 3.63) is 53.1 Å². The molecule has 0 saturated heterocycles. The third kappa shape index (κ3) is 4.27. The van der Waals surface area contributed by atoms with E-state index in [2.05, 4.69) is 0 Å². The second-order valence-corrected chi connectivity index (χ2v) is 7.05. The molecule has 2 aromatic rings. The second-order valence-electron chi connectivity index (χ2n) is 5.50. The Labute approximate surface area is 143 Å². The van der Waals surface area contributed by atoms with E-state index in [1.54, 1.807) is 19.2 Å². The van der Waals surface area contributed by atoms with Gasteiger partial charge >= 0.3 is 10.1 Å². The second kappa shape index (κ2) is 7.68. The molecule has 0 amide bonds. The average molecular weight is 350 g/mol. The number of ether oxygens (including phenoxy) is 2. The number of benzene rings is 2. The first-order chi connectivity index (χ1) is 11.3. The van der Waals surface area contributed by atoms with Crippen LogP contribution in [0.15, 0.2) is 41.3 Å². The first kappa shape index (κ1) is 18.3. The number of hydrogen-bond acceptors (Lipinski definition) is 5. The summed E-state index contributed by atoms with van der Waals surface area (Å²) in [5.74, 6) is 0.962. The fraction of sp³-hybridized carbons (Fsp3) is 0.333. The van der Waals surface area contributed by atoms with Crippen LogP contribution in [0.4, 0.5) is 0 Å². The Kier molecular flexibility index (Phi) is 5.85. The molecule has 0 saturated carbocycles. The Hall–Kier alpha value is -2.05. The van der Waals surface area contributed by atoms with Gasteiger partial charge < -0.3 is 13.7 Å². The zero-order valence-corrected chi connectivity index (χ0v) is 15.1. The van der Waals surface area contributed by atoms with Gasteiger partial charge in [-0.1, -0.05) is 12.1 Å². The van der Waals surface area contributed by atoms with Crippen LogP contribution in [0.3, 0.4) is 0 Å². The van der Waals surface area contributed by atoms with Gasteiger partial charge in [0.15, 0.2) is 0 Å². The largest absolute Gasteiger partial charge is 0.491 e. The highest BCUT2D eigenvalue weighted by molar-refractivity contribution is 7.87. The van der Waals surface area contributed by atoms with Crippen LogP contribution in [0.25, 0.3) is 0 Å². The molecule has 130 valence electrons. The van der Waals surface area contributed by atoms with Gasteiger partial charge in [0.1, 0.15) is 23.0 Å². The molecule has 2 aromatic carbocycles. The van der Waals surface area contributed by atoms with Crippen LogP contribution >= 0.6 is 0 Å². The maximum absolute atomic E-state index is 12.5. The van der Waals surface area contributed by atoms with Gasteiger partial charge in [-0.3, -0.25) is 0 Å². The normalized spacial score (nSPS) is 11.3. The average Bonchev–Trinajstić information content (AvgIpc) is 2.56. The van der Waals surface area contributed by atoms with Crippen molar-refractivity contribution in [3.63, 3.8) is 0 Å². The molecule has 0 fully saturated rings. The van der Waals surface area contributed by atoms with Crippen molar-refractivity contribution in [1.29, 1.82) is 0 Å². The Morgan fingerprint density at radius 2 is 1.50 bits per heavy atom. The monoisotopic (exact) mass is 350 g/mol. The SMILES string of the molecule is COCCOc1ccc(S(=O)(=O)Oc2c(C)ccc(C)c2C)cc1. The fourth-order valence-corrected chi connectivity index (χ4v) is 3.20. The summed E-state index contributed by atoms with van der Waals surface area (Å²) in [6, 6.07) is 9.93. The van der Waals surface area contributed by atoms with Gasteiger partial charge in [-0.2, -0.15) is 8.42 Å². The highest BCUT2D eigenvalue weighted by Crippen LogP contribution is 2.29. The minimum Gasteiger partial charge on any atom is -0.491 e. The molecule has 0 spiro atoms. The molecule has 2 rings (SSSR count). The minimum atomic E-state index is -3.90. The summed E-state index contributed by atoms with van der Waals surface area (Å²) >= 11 is 0. The third-order valence-corrected chi connectivity index (χ3v) is 4.97. The van der Waals surface area contributed by atoms with E-state index in [0.29, 0.717) is 24.7 Å². The standard InChI is InChI=1S/C18H22O5S/c1-13-5-6-14(2)18(15(13)3)23-24(19,20)17-9-7-16(8-10-17)22-12-11-21-4/h5-10H,11-12H2,1-4H3. The first-order valence-corrected chi connectivity index (χ1v) is 8.99. The van der Waals surface area contributed by atoms with Crippen LogP contribution in [0.1, 0.15) is 16.7 Å². The summed E-state index contributed by atoms with van der Waals surface area (Å²) in [5.41, 5.74) is 2.58. The summed E-state index contributed by atoms with van der Waals surface area (Å²) in [6.07, 6.45) is 0. The molecule has 0 aromatic heterocycles. The Balaban J connectivity index is 2.21. The zero-order valence-electron chi connectivity index (χ0n) is 14.3. The molecule has 0 aliphatic carbocycles. The number of methoxy groups -OCH3 is 1. The van der Waals surface area contributed by atoms with Crippen LogP contribution in [-0.4, -0.2) is 28.7 Å². The first-order valence-electron chi connectivity index (χ1n) is 7.58. The molecule has 0 N–H and O–H groups in total. The maximum atomic E-state index is 12.5. The molecule has 5 nitrogen and oxygen atoms in total. The summed E-state index contributed by atoms with van der Waals surface area (Å²) in [6.45, 7) is 6.46. The van der Waals surface area contributed by atoms with E-state index < -0.39 is 10.1 Å². The highest BCUT2D eigenvalue weighted by atomic mass is 32.2. The van der Waals surface area contributed by atoms with Gasteiger partial charge in [0, 0.05) is 7.11 Å². The lowest BCUT2D eigenvalue weighted by Crippen LogP contribution is -2.12. The number of aryl methyl sites for hydroxylation is 2. The fourth-order valence-electron chi connectivity index (χ4n) is 2.16. The molecule has 0 heterocycles. The van der Waals surface area contributed by atoms with Crippen LogP contribution in [-0.2, 0) is 14.9 Å². The van der Waals surface area contributed by atoms with Crippen LogP contribution in [0, 0.1) is 20.8 Å². The topological polar surface area (TPSA) is 61.8 Å². The van der Waals surface area contributed by atoms with Crippen molar-refractivity contribution in [1.82, 2.24) is 0 Å². The summed E-state index contributed by atoms with van der Waals surface area (Å²) in [5, 5.41) is 0. The van der Waals surface area contributed by atoms with Crippen molar-refractivity contribution in [3.8, 4) is 11.5 Å². The van der Waals surface area contributed by atoms with E-state index in [-0.39, 0.29) is 4.90 Å². The zero-order chi connectivity index (χ0) is 17.7. The summed E-state index contributed by atoms with van der Waals surface area (Å²) in [4.78, 5) is 0.0851. The van der Waals surface area contributed by atoms with Crippen molar-refractivity contribution in [2.75, 3.05) is 20.3 Å². The third-order valence-electron chi connectivity index (χ3n) is 3.74. The van der Waals surface area contributed by atoms with E-state index in [1.807, 2.05) is 32.9 Å². The van der Waals surface area contributed by atoms with Crippen LogP contribution in [0.5, 0.6) is 11.5 Å². The van der Waals surface area contributed by atoms with Crippen molar-refractivity contribution in [2.45, 2.75) is 25.7 Å². The predicted octanol–water partition coefficient (Wildman–Crippen LogP) is 3.40. The molecule has 0 atom stereocenters. The smallest absolute Gasteiger partial charge is 0.339 e. The van der Waals surface area contributed by atoms with Gasteiger partial charge in [0.2, 0.25) is 0 Å². The Morgan fingerprint density at radius 1 is 0.875 bits per heavy atom. The minimum absolute atomic E-state index is 0.0851. The van der Waals surface area contributed by atoms with E-state index in [1.165, 1.54) is 12.1 Å². The van der Waals surface area contributed by atoms with Gasteiger partial charge in [-0.25, -0.2) is 0 Å². The molecule has 0 bridgehead atoms. The molecule has 6 heteroatoms. The van der Waals surface area contributed by atoms with E-state index >= 15 is 0 Å². The molecule has 0 radical (unpaired) electrons. The Bertz CT molecular complexity index is 795. The van der Waals surface area contributed by atoms with E-state index in [4.69, 9.17) is 13.7 Å². The molecular formula is C18H22O5S. The van der Waals surface area contributed by atoms with Crippen molar-refractivity contribution < 1.29 is 22.1 Å². The van der Waals surface area contributed by atoms with E-state index in [0.717, 1.165) is 16.7 Å². The summed E-state index contributed by atoms with van der Waals surface area (Å²) in [7, 11) is -2.31. The summed E-state index contributed by atoms with van der Waals surface area (Å²) < 4.78 is 40.7. The number of rotatable bonds is 7. The predicted molar refractivity (Wildman–Crippen MR) is 92.3 cm³/mol. The molecule has 0 unspecified atom stereocenters. The molecule has 0 aliphatic rings. The molecular weight excluding hydrogens is 328 g/mol. The van der Waals surface area contributed by atoms with Crippen LogP contribution in [0.2, 0.25) is 0 Å². The molecule has 0 aliphatic heterocycles. The van der Waals surface area contributed by atoms with Gasteiger partial charge in [0.25, 0.3) is 0 Å². The highest BCUT2D eigenvalue weighted by Gasteiger charge is 2.19. The van der Waals surface area contributed by atoms with Gasteiger partial charge in [0.05, 0.1) is 6.61 Å². The molecule has 24 heavy (non-hydrogen) atoms. The van der Waals surface area contributed by atoms with Crippen molar-refractivity contribution >= 4 is 10.1 Å². The quantitative estimate of drug-likeness (QED) is 0.566. The Morgan fingerprint density at radius 3 is 2.12 bits per heavy atom. The van der Waals surface area contributed by atoms with E-state index in [9.17, 15) is 8.42 Å². The maximum Gasteiger partial charge on any atom is 0.339 e. The number of hydrogen-bond donors (Lipinski definition) is 0. The lowest BCUT2D eigenvalue weighted by atomic mass is 10.1. The lowest BCUT2D eigenvalue weighted by molar-refractivity contribution is 0.146. The van der Waals surface area contributed by atoms with Crippen molar-refractivity contribution in [2.24, 2.45) is 0 Å². The van der Waals surface area contributed by atoms with Gasteiger partial charge in [-0.15, -0.1) is 0 Å².